The molecule has 0 aliphatic carbocycles. The molecule has 124 valence electrons. The van der Waals surface area contributed by atoms with Crippen LogP contribution in [-0.4, -0.2) is 32.4 Å². The highest BCUT2D eigenvalue weighted by Crippen LogP contribution is 2.40. The summed E-state index contributed by atoms with van der Waals surface area (Å²) in [6, 6.07) is 7.77. The monoisotopic (exact) mass is 446 g/mol. The number of thioether (sulfide) groups is 1. The maximum Gasteiger partial charge on any atom is 0.356 e. The van der Waals surface area contributed by atoms with Gasteiger partial charge in [-0.05, 0) is 61.1 Å². The molecule has 0 fully saturated rings. The lowest BCUT2D eigenvalue weighted by atomic mass is 9.98. The molecule has 2 aromatic rings. The molecule has 0 spiro atoms. The van der Waals surface area contributed by atoms with Crippen LogP contribution in [0.25, 0.3) is 0 Å². The summed E-state index contributed by atoms with van der Waals surface area (Å²) >= 11 is 3.61. The molecule has 1 heterocycles. The van der Waals surface area contributed by atoms with Crippen molar-refractivity contribution in [1.82, 2.24) is 9.97 Å². The van der Waals surface area contributed by atoms with Crippen LogP contribution in [-0.2, 0) is 4.74 Å². The first kappa shape index (κ1) is 18.3. The molecular formula is C16H19IN2O3S. The van der Waals surface area contributed by atoms with Crippen molar-refractivity contribution < 1.29 is 14.6 Å². The number of hydrogen-bond acceptors (Lipinski definition) is 5. The summed E-state index contributed by atoms with van der Waals surface area (Å²) in [5, 5.41) is 11.2. The Labute approximate surface area is 153 Å². The second kappa shape index (κ2) is 7.67. The van der Waals surface area contributed by atoms with Crippen molar-refractivity contribution in [3.63, 3.8) is 0 Å². The second-order valence-corrected chi connectivity index (χ2v) is 8.37. The van der Waals surface area contributed by atoms with Crippen LogP contribution in [0.2, 0.25) is 0 Å². The van der Waals surface area contributed by atoms with Crippen LogP contribution in [0.1, 0.15) is 42.9 Å². The van der Waals surface area contributed by atoms with E-state index in [4.69, 9.17) is 4.74 Å². The van der Waals surface area contributed by atoms with Crippen molar-refractivity contribution in [2.24, 2.45) is 0 Å². The van der Waals surface area contributed by atoms with E-state index in [2.05, 4.69) is 32.6 Å². The van der Waals surface area contributed by atoms with Crippen molar-refractivity contribution in [2.75, 3.05) is 6.61 Å². The number of ether oxygens (including phenoxy) is 1. The number of aliphatic hydroxyl groups is 1. The molecule has 2 N–H and O–H groups in total. The topological polar surface area (TPSA) is 75.2 Å². The molecule has 0 bridgehead atoms. The maximum absolute atomic E-state index is 11.7. The third kappa shape index (κ3) is 4.71. The number of imidazole rings is 1. The van der Waals surface area contributed by atoms with Crippen LogP contribution in [0.4, 0.5) is 0 Å². The van der Waals surface area contributed by atoms with Crippen LogP contribution in [0.15, 0.2) is 35.6 Å². The summed E-state index contributed by atoms with van der Waals surface area (Å²) in [5.41, 5.74) is 1.17. The minimum Gasteiger partial charge on any atom is -0.461 e. The van der Waals surface area contributed by atoms with E-state index in [1.807, 2.05) is 38.1 Å². The lowest BCUT2D eigenvalue weighted by Crippen LogP contribution is -2.25. The Bertz CT molecular complexity index is 687. The third-order valence-electron chi connectivity index (χ3n) is 3.23. The van der Waals surface area contributed by atoms with E-state index in [9.17, 15) is 9.90 Å². The first-order valence-electron chi connectivity index (χ1n) is 7.18. The SMILES string of the molecule is CCOC(=O)c1cnc(SC(C)(C)C(O)c2cccc(I)c2)[nH]1. The molecule has 0 radical (unpaired) electrons. The van der Waals surface area contributed by atoms with Crippen molar-refractivity contribution in [3.8, 4) is 0 Å². The summed E-state index contributed by atoms with van der Waals surface area (Å²) in [4.78, 5) is 18.8. The van der Waals surface area contributed by atoms with Gasteiger partial charge in [0.1, 0.15) is 5.69 Å². The number of nitrogens with zero attached hydrogens (tertiary/aromatic N) is 1. The lowest BCUT2D eigenvalue weighted by Gasteiger charge is -2.29. The largest absolute Gasteiger partial charge is 0.461 e. The number of carbonyl (C=O) groups excluding carboxylic acids is 1. The number of aliphatic hydroxyl groups excluding tert-OH is 1. The van der Waals surface area contributed by atoms with E-state index >= 15 is 0 Å². The number of nitrogens with one attached hydrogen (secondary N) is 1. The molecule has 0 saturated carbocycles. The van der Waals surface area contributed by atoms with E-state index < -0.39 is 16.8 Å². The molecular weight excluding hydrogens is 427 g/mol. The zero-order valence-corrected chi connectivity index (χ0v) is 16.1. The minimum absolute atomic E-state index is 0.314. The molecule has 23 heavy (non-hydrogen) atoms. The van der Waals surface area contributed by atoms with Crippen LogP contribution >= 0.6 is 34.4 Å². The predicted molar refractivity (Wildman–Crippen MR) is 98.6 cm³/mol. The van der Waals surface area contributed by atoms with Gasteiger partial charge in [0.2, 0.25) is 0 Å². The third-order valence-corrected chi connectivity index (χ3v) is 5.05. The number of hydrogen-bond donors (Lipinski definition) is 2. The molecule has 7 heteroatoms. The number of rotatable bonds is 6. The number of aromatic nitrogens is 2. The highest BCUT2D eigenvalue weighted by molar-refractivity contribution is 14.1. The Morgan fingerprint density at radius 1 is 1.52 bits per heavy atom. The highest BCUT2D eigenvalue weighted by Gasteiger charge is 2.32. The minimum atomic E-state index is -0.668. The van der Waals surface area contributed by atoms with Crippen molar-refractivity contribution >= 4 is 40.3 Å². The van der Waals surface area contributed by atoms with Gasteiger partial charge in [0.15, 0.2) is 5.16 Å². The van der Waals surface area contributed by atoms with E-state index in [0.29, 0.717) is 17.5 Å². The first-order chi connectivity index (χ1) is 10.8. The molecule has 5 nitrogen and oxygen atoms in total. The molecule has 1 atom stereocenters. The fourth-order valence-corrected chi connectivity index (χ4v) is 3.63. The fourth-order valence-electron chi connectivity index (χ4n) is 2.05. The van der Waals surface area contributed by atoms with Crippen LogP contribution < -0.4 is 0 Å². The van der Waals surface area contributed by atoms with Gasteiger partial charge in [0, 0.05) is 8.32 Å². The standard InChI is InChI=1S/C16H19IN2O3S/c1-4-22-14(21)12-9-18-15(19-12)23-16(2,3)13(20)10-6-5-7-11(17)8-10/h5-9,13,20H,4H2,1-3H3,(H,18,19). The Balaban J connectivity index is 2.13. The van der Waals surface area contributed by atoms with E-state index in [1.165, 1.54) is 18.0 Å². The van der Waals surface area contributed by atoms with Gasteiger partial charge in [-0.25, -0.2) is 9.78 Å². The summed E-state index contributed by atoms with van der Waals surface area (Å²) in [7, 11) is 0. The summed E-state index contributed by atoms with van der Waals surface area (Å²) in [6.45, 7) is 5.95. The lowest BCUT2D eigenvalue weighted by molar-refractivity contribution is 0.0519. The molecule has 0 saturated heterocycles. The average molecular weight is 446 g/mol. The van der Waals surface area contributed by atoms with E-state index in [-0.39, 0.29) is 0 Å². The van der Waals surface area contributed by atoms with Crippen molar-refractivity contribution in [1.29, 1.82) is 0 Å². The van der Waals surface area contributed by atoms with Gasteiger partial charge in [0.05, 0.1) is 18.9 Å². The molecule has 0 aliphatic rings. The van der Waals surface area contributed by atoms with Gasteiger partial charge in [0.25, 0.3) is 0 Å². The Hall–Kier alpha value is -1.06. The second-order valence-electron chi connectivity index (χ2n) is 5.49. The molecule has 2 rings (SSSR count). The number of benzene rings is 1. The summed E-state index contributed by atoms with van der Waals surface area (Å²) in [6.07, 6.45) is 0.784. The van der Waals surface area contributed by atoms with Gasteiger partial charge < -0.3 is 14.8 Å². The van der Waals surface area contributed by atoms with E-state index in [0.717, 1.165) is 9.13 Å². The summed E-state index contributed by atoms with van der Waals surface area (Å²) in [5.74, 6) is -0.428. The molecule has 1 aromatic carbocycles. The first-order valence-corrected chi connectivity index (χ1v) is 9.07. The zero-order chi connectivity index (χ0) is 17.0. The smallest absolute Gasteiger partial charge is 0.356 e. The Morgan fingerprint density at radius 3 is 2.91 bits per heavy atom. The summed E-state index contributed by atoms with van der Waals surface area (Å²) < 4.78 is 5.48. The molecule has 0 aliphatic heterocycles. The zero-order valence-electron chi connectivity index (χ0n) is 13.2. The number of aromatic amines is 1. The predicted octanol–water partition coefficient (Wildman–Crippen LogP) is 3.80. The Kier molecular flexibility index (Phi) is 6.10. The van der Waals surface area contributed by atoms with Gasteiger partial charge in [-0.3, -0.25) is 0 Å². The van der Waals surface area contributed by atoms with Crippen molar-refractivity contribution in [3.05, 3.63) is 45.3 Å². The molecule has 1 aromatic heterocycles. The van der Waals surface area contributed by atoms with Crippen molar-refractivity contribution in [2.45, 2.75) is 36.8 Å². The number of carbonyl (C=O) groups is 1. The number of halogens is 1. The molecule has 0 amide bonds. The Morgan fingerprint density at radius 2 is 2.26 bits per heavy atom. The number of H-pyrrole nitrogens is 1. The molecule has 1 unspecified atom stereocenters. The van der Waals surface area contributed by atoms with Gasteiger partial charge in [-0.15, -0.1) is 0 Å². The maximum atomic E-state index is 11.7. The highest BCUT2D eigenvalue weighted by atomic mass is 127. The average Bonchev–Trinajstić information content (AvgIpc) is 2.94. The normalized spacial score (nSPS) is 12.9. The quantitative estimate of drug-likeness (QED) is 0.401. The van der Waals surface area contributed by atoms with Crippen LogP contribution in [0.5, 0.6) is 0 Å². The van der Waals surface area contributed by atoms with Gasteiger partial charge in [-0.1, -0.05) is 23.9 Å². The van der Waals surface area contributed by atoms with E-state index in [1.54, 1.807) is 6.92 Å². The van der Waals surface area contributed by atoms with Gasteiger partial charge >= 0.3 is 5.97 Å². The number of esters is 1. The van der Waals surface area contributed by atoms with Crippen LogP contribution in [0, 0.1) is 3.57 Å². The van der Waals surface area contributed by atoms with Crippen LogP contribution in [0.3, 0.4) is 0 Å². The fraction of sp³-hybridized carbons (Fsp3) is 0.375. The van der Waals surface area contributed by atoms with Gasteiger partial charge in [-0.2, -0.15) is 0 Å².